The molecule has 30 heteroatoms. The lowest BCUT2D eigenvalue weighted by molar-refractivity contribution is -1.01. The molecule has 2 rings (SSSR count). The zero-order valence-electron chi connectivity index (χ0n) is 15.8. The van der Waals surface area contributed by atoms with Crippen molar-refractivity contribution in [2.24, 2.45) is 0 Å². The molecule has 0 aliphatic carbocycles. The van der Waals surface area contributed by atoms with Crippen LogP contribution in [0.25, 0.3) is 11.4 Å². The highest BCUT2D eigenvalue weighted by molar-refractivity contribution is 5.69. The molecule has 2 aromatic rings. The number of hydrogen-bond donors (Lipinski definition) is 0. The number of hydrogen-bond acceptors (Lipinski definition) is 20. The molecule has 2 aromatic heterocycles. The number of nitro groups is 8. The highest BCUT2D eigenvalue weighted by Crippen LogP contribution is 2.34. The van der Waals surface area contributed by atoms with Crippen molar-refractivity contribution in [2.75, 3.05) is 0 Å². The third kappa shape index (κ3) is 3.21. The first kappa shape index (κ1) is 25.7. The van der Waals surface area contributed by atoms with Crippen molar-refractivity contribution in [1.29, 1.82) is 0 Å². The van der Waals surface area contributed by atoms with E-state index in [1.54, 1.807) is 0 Å². The third-order valence-electron chi connectivity index (χ3n) is 3.77. The maximum atomic E-state index is 11.3. The zero-order valence-corrected chi connectivity index (χ0v) is 15.8. The van der Waals surface area contributed by atoms with Gasteiger partial charge in [-0.1, -0.05) is 0 Å². The van der Waals surface area contributed by atoms with Gasteiger partial charge < -0.3 is 20.2 Å². The molecule has 0 atom stereocenters. The van der Waals surface area contributed by atoms with Crippen LogP contribution in [0.3, 0.4) is 0 Å². The molecule has 0 saturated carbocycles. The number of aromatic nitrogens is 6. The van der Waals surface area contributed by atoms with E-state index in [9.17, 15) is 80.9 Å². The van der Waals surface area contributed by atoms with Gasteiger partial charge in [0.1, 0.15) is 19.8 Å². The van der Waals surface area contributed by atoms with Crippen LogP contribution in [-0.2, 0) is 11.8 Å². The molecule has 2 heterocycles. The van der Waals surface area contributed by atoms with Gasteiger partial charge in [0, 0.05) is 0 Å². The average molecular weight is 524 g/mol. The SMILES string of the molecule is O=[N+]([O-])c1nn(C([N+](=O)[O-])([N+](=O)[O-])[N+](=O)[O-])nc1-c1nn(C([N+](=O)[O-])([N+](=O)[O-])[N+](=O)[O-])nc1[N+](=O)[O-]. The lowest BCUT2D eigenvalue weighted by atomic mass is 10.3. The van der Waals surface area contributed by atoms with E-state index in [1.165, 1.54) is 0 Å². The van der Waals surface area contributed by atoms with E-state index >= 15 is 0 Å². The van der Waals surface area contributed by atoms with E-state index in [0.717, 1.165) is 0 Å². The molecule has 0 N–H and O–H groups in total. The van der Waals surface area contributed by atoms with Crippen molar-refractivity contribution in [2.45, 2.75) is 11.8 Å². The van der Waals surface area contributed by atoms with Gasteiger partial charge in [-0.3, -0.25) is 60.7 Å². The molecule has 0 saturated heterocycles. The Labute approximate surface area is 186 Å². The largest absolute Gasteiger partial charge is 0.853 e. The second-order valence-corrected chi connectivity index (χ2v) is 5.58. The molecule has 190 valence electrons. The first-order valence-corrected chi connectivity index (χ1v) is 7.60. The van der Waals surface area contributed by atoms with E-state index in [0.29, 0.717) is 0 Å². The quantitative estimate of drug-likeness (QED) is 0.162. The van der Waals surface area contributed by atoms with Gasteiger partial charge in [0.15, 0.2) is 0 Å². The highest BCUT2D eigenvalue weighted by Gasteiger charge is 2.80. The fraction of sp³-hybridized carbons (Fsp3) is 0.333. The average Bonchev–Trinajstić information content (AvgIpc) is 3.32. The molecule has 0 radical (unpaired) electrons. The van der Waals surface area contributed by atoms with Crippen molar-refractivity contribution in [3.63, 3.8) is 0 Å². The summed E-state index contributed by atoms with van der Waals surface area (Å²) in [5, 5.41) is 100. The van der Waals surface area contributed by atoms with Crippen molar-refractivity contribution in [3.8, 4) is 11.4 Å². The summed E-state index contributed by atoms with van der Waals surface area (Å²) >= 11 is 0. The molecule has 0 aliphatic rings. The van der Waals surface area contributed by atoms with E-state index in [4.69, 9.17) is 0 Å². The van der Waals surface area contributed by atoms with Crippen molar-refractivity contribution in [1.82, 2.24) is 30.0 Å². The summed E-state index contributed by atoms with van der Waals surface area (Å²) in [7, 11) is 0. The Kier molecular flexibility index (Phi) is 5.80. The van der Waals surface area contributed by atoms with Crippen LogP contribution >= 0.6 is 0 Å². The Morgan fingerprint density at radius 2 is 0.667 bits per heavy atom. The van der Waals surface area contributed by atoms with E-state index in [2.05, 4.69) is 20.4 Å². The van der Waals surface area contributed by atoms with Crippen molar-refractivity contribution in [3.05, 3.63) is 80.9 Å². The second-order valence-electron chi connectivity index (χ2n) is 5.58. The van der Waals surface area contributed by atoms with Gasteiger partial charge in [0.05, 0.1) is 0 Å². The van der Waals surface area contributed by atoms with Crippen LogP contribution in [0.4, 0.5) is 11.6 Å². The number of nitrogens with zero attached hydrogens (tertiary/aromatic N) is 14. The fourth-order valence-electron chi connectivity index (χ4n) is 2.26. The summed E-state index contributed by atoms with van der Waals surface area (Å²) in [5.74, 6) is -13.6. The summed E-state index contributed by atoms with van der Waals surface area (Å²) in [6.45, 7) is 0. The maximum absolute atomic E-state index is 11.3. The summed E-state index contributed by atoms with van der Waals surface area (Å²) in [6.07, 6.45) is 0. The molecule has 36 heavy (non-hydrogen) atoms. The second kappa shape index (κ2) is 8.12. The molecule has 30 nitrogen and oxygen atoms in total. The van der Waals surface area contributed by atoms with Crippen LogP contribution in [0.15, 0.2) is 0 Å². The molecule has 0 aromatic carbocycles. The van der Waals surface area contributed by atoms with Gasteiger partial charge in [-0.25, -0.2) is 0 Å². The molecule has 0 unspecified atom stereocenters. The molecule has 0 bridgehead atoms. The Morgan fingerprint density at radius 1 is 0.444 bits per heavy atom. The fourth-order valence-corrected chi connectivity index (χ4v) is 2.26. The Morgan fingerprint density at radius 3 is 0.833 bits per heavy atom. The van der Waals surface area contributed by atoms with Crippen LogP contribution < -0.4 is 0 Å². The summed E-state index contributed by atoms with van der Waals surface area (Å²) in [4.78, 5) is 70.3. The van der Waals surface area contributed by atoms with Crippen LogP contribution in [0.1, 0.15) is 0 Å². The van der Waals surface area contributed by atoms with Gasteiger partial charge in [0.2, 0.25) is 40.9 Å². The van der Waals surface area contributed by atoms with Crippen LogP contribution in [-0.4, -0.2) is 69.4 Å². The number of rotatable bonds is 11. The summed E-state index contributed by atoms with van der Waals surface area (Å²) < 4.78 is 0. The summed E-state index contributed by atoms with van der Waals surface area (Å²) in [6, 6.07) is 0. The Bertz CT molecular complexity index is 1210. The molecule has 0 fully saturated rings. The van der Waals surface area contributed by atoms with Gasteiger partial charge in [-0.2, -0.15) is 0 Å². The standard InChI is InChI=1S/C6N14O16/c21-11(22)3-1(7-13(9-3)5(15(25)26,16(27)28)17(29)30)2-4(12(23)24)10-14(8-2)6(18(31)32,19(33)34)20(35)36. The first-order valence-electron chi connectivity index (χ1n) is 7.60. The Hall–Kier alpha value is -6.52. The molecular weight excluding hydrogens is 524 g/mol. The molecule has 0 spiro atoms. The van der Waals surface area contributed by atoms with Crippen LogP contribution in [0.2, 0.25) is 0 Å². The van der Waals surface area contributed by atoms with Gasteiger partial charge in [-0.15, -0.1) is 10.2 Å². The lowest BCUT2D eigenvalue weighted by Gasteiger charge is -2.03. The van der Waals surface area contributed by atoms with Gasteiger partial charge in [-0.05, 0) is 9.85 Å². The minimum Gasteiger partial charge on any atom is -0.358 e. The van der Waals surface area contributed by atoms with Crippen LogP contribution in [0, 0.1) is 80.9 Å². The Balaban J connectivity index is 3.07. The zero-order chi connectivity index (χ0) is 27.9. The molecule has 0 aliphatic heterocycles. The predicted molar refractivity (Wildman–Crippen MR) is 90.3 cm³/mol. The topological polar surface area (TPSA) is 407 Å². The summed E-state index contributed by atoms with van der Waals surface area (Å²) in [5.41, 5.74) is -3.64. The minimum atomic E-state index is -4.82. The predicted octanol–water partition coefficient (Wildman–Crippen LogP) is -2.85. The lowest BCUT2D eigenvalue weighted by Crippen LogP contribution is -2.56. The maximum Gasteiger partial charge on any atom is 0.853 e. The van der Waals surface area contributed by atoms with Gasteiger partial charge >= 0.3 is 23.5 Å². The van der Waals surface area contributed by atoms with Crippen molar-refractivity contribution < 1.29 is 39.4 Å². The van der Waals surface area contributed by atoms with Crippen molar-refractivity contribution >= 4 is 11.6 Å². The van der Waals surface area contributed by atoms with E-state index in [1.807, 2.05) is 0 Å². The normalized spacial score (nSPS) is 11.4. The monoisotopic (exact) mass is 524 g/mol. The van der Waals surface area contributed by atoms with Gasteiger partial charge in [0.25, 0.3) is 0 Å². The first-order chi connectivity index (χ1) is 16.5. The third-order valence-corrected chi connectivity index (χ3v) is 3.77. The van der Waals surface area contributed by atoms with E-state index in [-0.39, 0.29) is 0 Å². The van der Waals surface area contributed by atoms with Crippen LogP contribution in [0.5, 0.6) is 0 Å². The highest BCUT2D eigenvalue weighted by atomic mass is 16.8. The molecular formula is C6N14O16. The van der Waals surface area contributed by atoms with E-state index < -0.39 is 83.8 Å². The smallest absolute Gasteiger partial charge is 0.358 e. The molecule has 0 amide bonds. The minimum absolute atomic E-state index is 1.11.